The molecule has 0 aliphatic carbocycles. The third-order valence-electron chi connectivity index (χ3n) is 4.01. The maximum absolute atomic E-state index is 12.4. The Balaban J connectivity index is 1.94. The fourth-order valence-electron chi connectivity index (χ4n) is 3.12. The Hall–Kier alpha value is -1.14. The normalized spacial score (nSPS) is 32.1. The van der Waals surface area contributed by atoms with Crippen molar-refractivity contribution in [2.75, 3.05) is 26.2 Å². The van der Waals surface area contributed by atoms with Crippen LogP contribution in [0.2, 0.25) is 0 Å². The first-order chi connectivity index (χ1) is 9.47. The number of likely N-dealkylation sites (tertiary alicyclic amines) is 1. The Bertz CT molecular complexity index is 364. The van der Waals surface area contributed by atoms with Gasteiger partial charge in [-0.25, -0.2) is 0 Å². The minimum Gasteiger partial charge on any atom is -0.480 e. The first kappa shape index (κ1) is 15.3. The topological polar surface area (TPSA) is 70.1 Å². The summed E-state index contributed by atoms with van der Waals surface area (Å²) in [6, 6.07) is -0.511. The highest BCUT2D eigenvalue weighted by Crippen LogP contribution is 2.18. The van der Waals surface area contributed by atoms with E-state index in [2.05, 4.69) is 0 Å². The van der Waals surface area contributed by atoms with Crippen molar-refractivity contribution in [1.82, 2.24) is 9.80 Å². The van der Waals surface area contributed by atoms with Gasteiger partial charge < -0.3 is 14.7 Å². The molecule has 2 saturated heterocycles. The molecule has 2 aliphatic heterocycles. The molecule has 0 spiro atoms. The predicted octanol–water partition coefficient (Wildman–Crippen LogP) is 0.561. The molecule has 6 nitrogen and oxygen atoms in total. The van der Waals surface area contributed by atoms with E-state index in [1.165, 1.54) is 0 Å². The summed E-state index contributed by atoms with van der Waals surface area (Å²) in [7, 11) is 0. The smallest absolute Gasteiger partial charge is 0.320 e. The SMILES string of the molecule is CC1CN(C(=O)CN2CCCCC2C(=O)O)CC(C)O1. The summed E-state index contributed by atoms with van der Waals surface area (Å²) in [5, 5.41) is 9.23. The van der Waals surface area contributed by atoms with E-state index in [-0.39, 0.29) is 24.7 Å². The fraction of sp³-hybridized carbons (Fsp3) is 0.857. The quantitative estimate of drug-likeness (QED) is 0.820. The third-order valence-corrected chi connectivity index (χ3v) is 4.01. The highest BCUT2D eigenvalue weighted by Gasteiger charge is 2.32. The van der Waals surface area contributed by atoms with Crippen LogP contribution in [-0.2, 0) is 14.3 Å². The average molecular weight is 284 g/mol. The van der Waals surface area contributed by atoms with Crippen molar-refractivity contribution in [2.24, 2.45) is 0 Å². The van der Waals surface area contributed by atoms with Gasteiger partial charge >= 0.3 is 5.97 Å². The summed E-state index contributed by atoms with van der Waals surface area (Å²) < 4.78 is 5.61. The van der Waals surface area contributed by atoms with Gasteiger partial charge in [0.15, 0.2) is 0 Å². The van der Waals surface area contributed by atoms with Crippen LogP contribution in [0.5, 0.6) is 0 Å². The zero-order valence-electron chi connectivity index (χ0n) is 12.2. The Morgan fingerprint density at radius 3 is 2.45 bits per heavy atom. The van der Waals surface area contributed by atoms with Crippen molar-refractivity contribution in [2.45, 2.75) is 51.4 Å². The lowest BCUT2D eigenvalue weighted by molar-refractivity contribution is -0.150. The number of carboxylic acid groups (broad SMARTS) is 1. The van der Waals surface area contributed by atoms with E-state index in [4.69, 9.17) is 4.74 Å². The standard InChI is InChI=1S/C14H24N2O4/c1-10-7-16(8-11(2)20-10)13(17)9-15-6-4-3-5-12(15)14(18)19/h10-12H,3-9H2,1-2H3,(H,18,19). The Morgan fingerprint density at radius 2 is 1.85 bits per heavy atom. The molecule has 0 aromatic rings. The van der Waals surface area contributed by atoms with Gasteiger partial charge in [0.05, 0.1) is 18.8 Å². The van der Waals surface area contributed by atoms with E-state index < -0.39 is 12.0 Å². The van der Waals surface area contributed by atoms with Crippen LogP contribution in [0.3, 0.4) is 0 Å². The maximum Gasteiger partial charge on any atom is 0.320 e. The highest BCUT2D eigenvalue weighted by molar-refractivity contribution is 5.80. The number of aliphatic carboxylic acids is 1. The fourth-order valence-corrected chi connectivity index (χ4v) is 3.12. The van der Waals surface area contributed by atoms with Gasteiger partial charge in [-0.3, -0.25) is 14.5 Å². The second kappa shape index (κ2) is 6.54. The summed E-state index contributed by atoms with van der Waals surface area (Å²) in [6.45, 7) is 5.99. The maximum atomic E-state index is 12.4. The van der Waals surface area contributed by atoms with Crippen LogP contribution in [0.1, 0.15) is 33.1 Å². The van der Waals surface area contributed by atoms with Crippen LogP contribution in [-0.4, -0.2) is 71.2 Å². The molecule has 2 heterocycles. The van der Waals surface area contributed by atoms with E-state index in [1.54, 1.807) is 9.80 Å². The minimum atomic E-state index is -0.818. The Kier molecular flexibility index (Phi) is 4.99. The molecule has 20 heavy (non-hydrogen) atoms. The first-order valence-corrected chi connectivity index (χ1v) is 7.37. The van der Waals surface area contributed by atoms with Gasteiger partial charge in [-0.05, 0) is 33.2 Å². The number of ether oxygens (including phenoxy) is 1. The molecule has 1 amide bonds. The van der Waals surface area contributed by atoms with E-state index >= 15 is 0 Å². The lowest BCUT2D eigenvalue weighted by Gasteiger charge is -2.38. The molecule has 0 bridgehead atoms. The number of hydrogen-bond acceptors (Lipinski definition) is 4. The van der Waals surface area contributed by atoms with Gasteiger partial charge in [0.2, 0.25) is 5.91 Å². The van der Waals surface area contributed by atoms with E-state index in [0.717, 1.165) is 12.8 Å². The van der Waals surface area contributed by atoms with Crippen LogP contribution >= 0.6 is 0 Å². The Labute approximate surface area is 119 Å². The lowest BCUT2D eigenvalue weighted by Crippen LogP contribution is -2.54. The number of amides is 1. The van der Waals surface area contributed by atoms with E-state index in [0.29, 0.717) is 26.1 Å². The second-order valence-electron chi connectivity index (χ2n) is 5.88. The second-order valence-corrected chi connectivity index (χ2v) is 5.88. The summed E-state index contributed by atoms with van der Waals surface area (Å²) in [5.74, 6) is -0.804. The van der Waals surface area contributed by atoms with Gasteiger partial charge in [0.25, 0.3) is 0 Å². The van der Waals surface area contributed by atoms with Crippen LogP contribution in [0.15, 0.2) is 0 Å². The number of nitrogens with zero attached hydrogens (tertiary/aromatic N) is 2. The zero-order chi connectivity index (χ0) is 14.7. The number of carbonyl (C=O) groups is 2. The van der Waals surface area contributed by atoms with Crippen molar-refractivity contribution < 1.29 is 19.4 Å². The first-order valence-electron chi connectivity index (χ1n) is 7.37. The number of carbonyl (C=O) groups excluding carboxylic acids is 1. The zero-order valence-corrected chi connectivity index (χ0v) is 12.2. The van der Waals surface area contributed by atoms with Gasteiger partial charge in [-0.1, -0.05) is 6.42 Å². The summed E-state index contributed by atoms with van der Waals surface area (Å²) >= 11 is 0. The molecular weight excluding hydrogens is 260 g/mol. The third kappa shape index (κ3) is 3.70. The molecule has 0 aromatic carbocycles. The van der Waals surface area contributed by atoms with Crippen molar-refractivity contribution in [3.05, 3.63) is 0 Å². The molecular formula is C14H24N2O4. The van der Waals surface area contributed by atoms with Crippen LogP contribution in [0.25, 0.3) is 0 Å². The number of carboxylic acids is 1. The lowest BCUT2D eigenvalue weighted by atomic mass is 10.0. The van der Waals surface area contributed by atoms with Gasteiger partial charge in [0, 0.05) is 13.1 Å². The molecule has 0 saturated carbocycles. The minimum absolute atomic E-state index is 0.0140. The number of morpholine rings is 1. The Morgan fingerprint density at radius 1 is 1.20 bits per heavy atom. The molecule has 114 valence electrons. The van der Waals surface area contributed by atoms with E-state index in [1.807, 2.05) is 13.8 Å². The number of rotatable bonds is 3. The summed E-state index contributed by atoms with van der Waals surface area (Å²) in [5.41, 5.74) is 0. The monoisotopic (exact) mass is 284 g/mol. The van der Waals surface area contributed by atoms with Crippen molar-refractivity contribution in [3.63, 3.8) is 0 Å². The van der Waals surface area contributed by atoms with E-state index in [9.17, 15) is 14.7 Å². The summed E-state index contributed by atoms with van der Waals surface area (Å²) in [4.78, 5) is 27.2. The van der Waals surface area contributed by atoms with Gasteiger partial charge in [0.1, 0.15) is 6.04 Å². The largest absolute Gasteiger partial charge is 0.480 e. The van der Waals surface area contributed by atoms with Crippen LogP contribution in [0.4, 0.5) is 0 Å². The van der Waals surface area contributed by atoms with Crippen molar-refractivity contribution >= 4 is 11.9 Å². The van der Waals surface area contributed by atoms with Gasteiger partial charge in [-0.15, -0.1) is 0 Å². The molecule has 3 atom stereocenters. The molecule has 2 fully saturated rings. The molecule has 0 radical (unpaired) electrons. The molecule has 3 unspecified atom stereocenters. The molecule has 6 heteroatoms. The number of piperidine rings is 1. The van der Waals surface area contributed by atoms with Crippen LogP contribution in [0, 0.1) is 0 Å². The molecule has 0 aromatic heterocycles. The van der Waals surface area contributed by atoms with Crippen LogP contribution < -0.4 is 0 Å². The predicted molar refractivity (Wildman–Crippen MR) is 73.4 cm³/mol. The molecule has 2 rings (SSSR count). The van der Waals surface area contributed by atoms with Crippen molar-refractivity contribution in [3.8, 4) is 0 Å². The van der Waals surface area contributed by atoms with Gasteiger partial charge in [-0.2, -0.15) is 0 Å². The summed E-state index contributed by atoms with van der Waals surface area (Å²) in [6.07, 6.45) is 2.61. The average Bonchev–Trinajstić information content (AvgIpc) is 2.37. The highest BCUT2D eigenvalue weighted by atomic mass is 16.5. The molecule has 2 aliphatic rings. The van der Waals surface area contributed by atoms with Crippen molar-refractivity contribution in [1.29, 1.82) is 0 Å². The molecule has 1 N–H and O–H groups in total. The number of hydrogen-bond donors (Lipinski definition) is 1.